The third-order valence-corrected chi connectivity index (χ3v) is 3.85. The highest BCUT2D eigenvalue weighted by atomic mass is 16.5. The second kappa shape index (κ2) is 5.04. The number of hydrogen-bond donors (Lipinski definition) is 1. The van der Waals surface area contributed by atoms with Gasteiger partial charge in [-0.15, -0.1) is 0 Å². The molecule has 0 heterocycles. The molecule has 2 aromatic carbocycles. The van der Waals surface area contributed by atoms with Gasteiger partial charge in [-0.2, -0.15) is 0 Å². The molecule has 2 nitrogen and oxygen atoms in total. The number of nitrogen functional groups attached to an aromatic ring is 1. The van der Waals surface area contributed by atoms with Gasteiger partial charge in [0.2, 0.25) is 0 Å². The molecule has 1 aliphatic carbocycles. The number of hydrogen-bond acceptors (Lipinski definition) is 2. The van der Waals surface area contributed by atoms with Gasteiger partial charge in [0.1, 0.15) is 5.75 Å². The Labute approximate surface area is 119 Å². The van der Waals surface area contributed by atoms with Crippen LogP contribution in [0.5, 0.6) is 5.75 Å². The van der Waals surface area contributed by atoms with Crippen LogP contribution in [-0.4, -0.2) is 7.11 Å². The number of benzene rings is 2. The van der Waals surface area contributed by atoms with E-state index in [2.05, 4.69) is 37.3 Å². The molecule has 2 heteroatoms. The lowest BCUT2D eigenvalue weighted by atomic mass is 10.0. The second-order valence-electron chi connectivity index (χ2n) is 5.33. The van der Waals surface area contributed by atoms with E-state index in [9.17, 15) is 0 Å². The maximum Gasteiger partial charge on any atom is 0.126 e. The number of aryl methyl sites for hydroxylation is 2. The molecule has 0 aliphatic heterocycles. The lowest BCUT2D eigenvalue weighted by Gasteiger charge is -2.08. The second-order valence-corrected chi connectivity index (χ2v) is 5.33. The molecule has 2 aromatic rings. The fourth-order valence-electron chi connectivity index (χ4n) is 2.84. The molecule has 20 heavy (non-hydrogen) atoms. The van der Waals surface area contributed by atoms with E-state index in [0.29, 0.717) is 0 Å². The summed E-state index contributed by atoms with van der Waals surface area (Å²) in [6.07, 6.45) is 4.38. The first kappa shape index (κ1) is 12.8. The van der Waals surface area contributed by atoms with Crippen LogP contribution < -0.4 is 10.5 Å². The molecule has 0 bridgehead atoms. The molecule has 0 aromatic heterocycles. The van der Waals surface area contributed by atoms with Crippen LogP contribution in [0.15, 0.2) is 36.4 Å². The van der Waals surface area contributed by atoms with Crippen molar-refractivity contribution in [3.63, 3.8) is 0 Å². The molecule has 3 rings (SSSR count). The smallest absolute Gasteiger partial charge is 0.126 e. The molecule has 0 saturated heterocycles. The Morgan fingerprint density at radius 2 is 1.95 bits per heavy atom. The molecule has 2 N–H and O–H groups in total. The number of allylic oxidation sites excluding steroid dienone is 1. The number of fused-ring (bicyclic) bond motifs is 1. The fraction of sp³-hybridized carbons (Fsp3) is 0.222. The van der Waals surface area contributed by atoms with Crippen molar-refractivity contribution in [3.05, 3.63) is 58.7 Å². The van der Waals surface area contributed by atoms with Gasteiger partial charge < -0.3 is 10.5 Å². The van der Waals surface area contributed by atoms with Crippen LogP contribution in [-0.2, 0) is 6.42 Å². The van der Waals surface area contributed by atoms with Crippen LogP contribution in [0.2, 0.25) is 0 Å². The first-order chi connectivity index (χ1) is 9.67. The zero-order valence-corrected chi connectivity index (χ0v) is 11.9. The van der Waals surface area contributed by atoms with Crippen molar-refractivity contribution < 1.29 is 4.74 Å². The normalized spacial score (nSPS) is 15.4. The Kier molecular flexibility index (Phi) is 3.23. The van der Waals surface area contributed by atoms with E-state index in [-0.39, 0.29) is 0 Å². The zero-order valence-electron chi connectivity index (χ0n) is 11.9. The molecule has 102 valence electrons. The Morgan fingerprint density at radius 1 is 1.10 bits per heavy atom. The predicted molar refractivity (Wildman–Crippen MR) is 84.8 cm³/mol. The molecule has 0 radical (unpaired) electrons. The molecule has 0 fully saturated rings. The minimum atomic E-state index is 0.845. The van der Waals surface area contributed by atoms with Crippen LogP contribution in [0, 0.1) is 6.92 Å². The van der Waals surface area contributed by atoms with Crippen molar-refractivity contribution in [1.29, 1.82) is 0 Å². The van der Waals surface area contributed by atoms with Crippen LogP contribution in [0.3, 0.4) is 0 Å². The third-order valence-electron chi connectivity index (χ3n) is 3.85. The Hall–Kier alpha value is -2.22. The Bertz CT molecular complexity index is 686. The molecule has 0 saturated carbocycles. The van der Waals surface area contributed by atoms with E-state index in [0.717, 1.165) is 29.8 Å². The van der Waals surface area contributed by atoms with Crippen molar-refractivity contribution in [1.82, 2.24) is 0 Å². The summed E-state index contributed by atoms with van der Waals surface area (Å²) in [5.74, 6) is 0.923. The van der Waals surface area contributed by atoms with Gasteiger partial charge in [-0.05, 0) is 66.8 Å². The molecule has 1 aliphatic rings. The van der Waals surface area contributed by atoms with Gasteiger partial charge in [0.05, 0.1) is 7.11 Å². The molecular formula is C18H19NO. The van der Waals surface area contributed by atoms with Crippen LogP contribution in [0.25, 0.3) is 11.6 Å². The standard InChI is InChI=1S/C18H19NO/c1-12-3-8-18(20-2)15(9-12)10-13-4-5-14-11-16(19)6-7-17(13)14/h3,6-11H,4-5,19H2,1-2H3. The Morgan fingerprint density at radius 3 is 2.75 bits per heavy atom. The minimum Gasteiger partial charge on any atom is -0.496 e. The van der Waals surface area contributed by atoms with Gasteiger partial charge in [0.15, 0.2) is 0 Å². The van der Waals surface area contributed by atoms with Gasteiger partial charge in [0.25, 0.3) is 0 Å². The molecule has 0 atom stereocenters. The topological polar surface area (TPSA) is 35.2 Å². The maximum atomic E-state index is 5.85. The van der Waals surface area contributed by atoms with Crippen LogP contribution in [0.4, 0.5) is 5.69 Å². The number of anilines is 1. The van der Waals surface area contributed by atoms with Gasteiger partial charge in [0, 0.05) is 11.3 Å². The molecule has 0 unspecified atom stereocenters. The van der Waals surface area contributed by atoms with Crippen molar-refractivity contribution in [2.75, 3.05) is 12.8 Å². The molecule has 0 amide bonds. The highest BCUT2D eigenvalue weighted by molar-refractivity contribution is 5.87. The monoisotopic (exact) mass is 265 g/mol. The van der Waals surface area contributed by atoms with Gasteiger partial charge in [-0.3, -0.25) is 0 Å². The first-order valence-corrected chi connectivity index (χ1v) is 6.91. The Balaban J connectivity index is 2.05. The summed E-state index contributed by atoms with van der Waals surface area (Å²) in [6.45, 7) is 2.10. The summed E-state index contributed by atoms with van der Waals surface area (Å²) < 4.78 is 5.45. The highest BCUT2D eigenvalue weighted by Gasteiger charge is 2.16. The van der Waals surface area contributed by atoms with Gasteiger partial charge in [-0.25, -0.2) is 0 Å². The minimum absolute atomic E-state index is 0.845. The number of ether oxygens (including phenoxy) is 1. The summed E-state index contributed by atoms with van der Waals surface area (Å²) in [4.78, 5) is 0. The number of methoxy groups -OCH3 is 1. The number of nitrogens with two attached hydrogens (primary N) is 1. The maximum absolute atomic E-state index is 5.85. The SMILES string of the molecule is COc1ccc(C)cc1C=C1CCc2cc(N)ccc21. The molecule has 0 spiro atoms. The quantitative estimate of drug-likeness (QED) is 0.831. The number of rotatable bonds is 2. The average Bonchev–Trinajstić information content (AvgIpc) is 2.81. The van der Waals surface area contributed by atoms with E-state index >= 15 is 0 Å². The van der Waals surface area contributed by atoms with Crippen molar-refractivity contribution in [2.24, 2.45) is 0 Å². The van der Waals surface area contributed by atoms with Crippen LogP contribution in [0.1, 0.15) is 28.7 Å². The summed E-state index contributed by atoms with van der Waals surface area (Å²) in [5.41, 5.74) is 13.1. The van der Waals surface area contributed by atoms with Crippen LogP contribution >= 0.6 is 0 Å². The lowest BCUT2D eigenvalue weighted by Crippen LogP contribution is -1.89. The van der Waals surface area contributed by atoms with Gasteiger partial charge in [-0.1, -0.05) is 17.7 Å². The van der Waals surface area contributed by atoms with E-state index in [1.807, 2.05) is 12.1 Å². The fourth-order valence-corrected chi connectivity index (χ4v) is 2.84. The lowest BCUT2D eigenvalue weighted by molar-refractivity contribution is 0.414. The van der Waals surface area contributed by atoms with Gasteiger partial charge >= 0.3 is 0 Å². The van der Waals surface area contributed by atoms with E-state index in [1.54, 1.807) is 7.11 Å². The predicted octanol–water partition coefficient (Wildman–Crippen LogP) is 4.07. The van der Waals surface area contributed by atoms with E-state index < -0.39 is 0 Å². The summed E-state index contributed by atoms with van der Waals surface area (Å²) in [5, 5.41) is 0. The zero-order chi connectivity index (χ0) is 14.1. The van der Waals surface area contributed by atoms with Crippen molar-refractivity contribution >= 4 is 17.3 Å². The molecular weight excluding hydrogens is 246 g/mol. The largest absolute Gasteiger partial charge is 0.496 e. The summed E-state index contributed by atoms with van der Waals surface area (Å²) in [6, 6.07) is 12.5. The first-order valence-electron chi connectivity index (χ1n) is 6.91. The summed E-state index contributed by atoms with van der Waals surface area (Å²) in [7, 11) is 1.72. The van der Waals surface area contributed by atoms with Crippen molar-refractivity contribution in [2.45, 2.75) is 19.8 Å². The highest BCUT2D eigenvalue weighted by Crippen LogP contribution is 2.36. The van der Waals surface area contributed by atoms with E-state index in [1.165, 1.54) is 22.3 Å². The van der Waals surface area contributed by atoms with E-state index in [4.69, 9.17) is 10.5 Å². The van der Waals surface area contributed by atoms with Crippen molar-refractivity contribution in [3.8, 4) is 5.75 Å². The average molecular weight is 265 g/mol. The third kappa shape index (κ3) is 2.29. The summed E-state index contributed by atoms with van der Waals surface area (Å²) >= 11 is 0.